The Hall–Kier alpha value is -2.50. The van der Waals surface area contributed by atoms with Gasteiger partial charge >= 0.3 is 0 Å². The summed E-state index contributed by atoms with van der Waals surface area (Å²) < 4.78 is 0. The molecule has 26 heavy (non-hydrogen) atoms. The Labute approximate surface area is 153 Å². The Kier molecular flexibility index (Phi) is 4.34. The topological polar surface area (TPSA) is 61.4 Å². The Morgan fingerprint density at radius 3 is 2.38 bits per heavy atom. The van der Waals surface area contributed by atoms with Crippen LogP contribution in [0.3, 0.4) is 0 Å². The van der Waals surface area contributed by atoms with Crippen molar-refractivity contribution in [2.24, 2.45) is 11.8 Å². The molecule has 2 N–H and O–H groups in total. The number of aryl methyl sites for hydroxylation is 1. The summed E-state index contributed by atoms with van der Waals surface area (Å²) in [6.45, 7) is 4.07. The number of benzene rings is 2. The number of hydrazine groups is 1. The predicted molar refractivity (Wildman–Crippen MR) is 100 cm³/mol. The first kappa shape index (κ1) is 16.9. The summed E-state index contributed by atoms with van der Waals surface area (Å²) in [4.78, 5) is 26.1. The molecular formula is C21H23N3O2. The van der Waals surface area contributed by atoms with Gasteiger partial charge in [0.2, 0.25) is 0 Å². The Morgan fingerprint density at radius 2 is 1.69 bits per heavy atom. The molecule has 2 aromatic carbocycles. The molecule has 0 radical (unpaired) electrons. The van der Waals surface area contributed by atoms with Crippen LogP contribution in [-0.4, -0.2) is 23.9 Å². The number of Topliss-reactive ketones (excluding diaryl/α,β-unsaturated/α-hetero) is 1. The normalized spacial score (nSPS) is 28.3. The van der Waals surface area contributed by atoms with Crippen LogP contribution in [-0.2, 0) is 16.0 Å². The molecule has 0 saturated carbocycles. The number of ketones is 1. The number of nitrogens with one attached hydrogen (secondary N) is 2. The highest BCUT2D eigenvalue weighted by Crippen LogP contribution is 2.31. The minimum Gasteiger partial charge on any atom is -0.298 e. The van der Waals surface area contributed by atoms with E-state index in [9.17, 15) is 9.59 Å². The lowest BCUT2D eigenvalue weighted by Crippen LogP contribution is -2.59. The zero-order chi connectivity index (χ0) is 18.3. The number of hydrogen-bond acceptors (Lipinski definition) is 4. The molecule has 2 heterocycles. The molecular weight excluding hydrogens is 326 g/mol. The van der Waals surface area contributed by atoms with E-state index in [0.29, 0.717) is 6.42 Å². The van der Waals surface area contributed by atoms with Gasteiger partial charge in [0.05, 0.1) is 11.9 Å². The highest BCUT2D eigenvalue weighted by atomic mass is 16.2. The van der Waals surface area contributed by atoms with Crippen LogP contribution in [0.15, 0.2) is 54.6 Å². The second kappa shape index (κ2) is 6.67. The van der Waals surface area contributed by atoms with Crippen molar-refractivity contribution >= 4 is 17.4 Å². The van der Waals surface area contributed by atoms with Gasteiger partial charge in [0.15, 0.2) is 5.78 Å². The molecule has 4 rings (SSSR count). The lowest BCUT2D eigenvalue weighted by molar-refractivity contribution is -0.136. The fraction of sp³-hybridized carbons (Fsp3) is 0.333. The Morgan fingerprint density at radius 1 is 1.00 bits per heavy atom. The van der Waals surface area contributed by atoms with Crippen molar-refractivity contribution in [3.63, 3.8) is 0 Å². The third kappa shape index (κ3) is 2.93. The van der Waals surface area contributed by atoms with Gasteiger partial charge < -0.3 is 0 Å². The molecule has 2 saturated heterocycles. The second-order valence-electron chi connectivity index (χ2n) is 7.25. The molecule has 2 aliphatic heterocycles. The van der Waals surface area contributed by atoms with E-state index in [1.54, 1.807) is 0 Å². The maximum absolute atomic E-state index is 13.1. The largest absolute Gasteiger partial charge is 0.298 e. The first-order chi connectivity index (χ1) is 12.5. The summed E-state index contributed by atoms with van der Waals surface area (Å²) >= 11 is 0. The van der Waals surface area contributed by atoms with Crippen molar-refractivity contribution in [3.8, 4) is 0 Å². The monoisotopic (exact) mass is 349 g/mol. The molecule has 4 atom stereocenters. The average molecular weight is 349 g/mol. The molecule has 0 bridgehead atoms. The van der Waals surface area contributed by atoms with E-state index in [0.717, 1.165) is 11.3 Å². The van der Waals surface area contributed by atoms with Crippen molar-refractivity contribution < 1.29 is 9.59 Å². The second-order valence-corrected chi connectivity index (χ2v) is 7.25. The molecule has 0 spiro atoms. The number of nitrogens with zero attached hydrogens (tertiary/aromatic N) is 1. The van der Waals surface area contributed by atoms with Gasteiger partial charge in [-0.2, -0.15) is 0 Å². The lowest BCUT2D eigenvalue weighted by atomic mass is 9.79. The highest BCUT2D eigenvalue weighted by molar-refractivity contribution is 6.11. The van der Waals surface area contributed by atoms with Crippen molar-refractivity contribution in [2.45, 2.75) is 32.5 Å². The quantitative estimate of drug-likeness (QED) is 0.834. The van der Waals surface area contributed by atoms with Gasteiger partial charge in [0, 0.05) is 12.0 Å². The molecule has 2 aliphatic rings. The van der Waals surface area contributed by atoms with Crippen LogP contribution in [0.25, 0.3) is 0 Å². The van der Waals surface area contributed by atoms with Crippen LogP contribution in [0.4, 0.5) is 5.69 Å². The minimum absolute atomic E-state index is 0.000997. The van der Waals surface area contributed by atoms with E-state index in [-0.39, 0.29) is 29.8 Å². The molecule has 5 nitrogen and oxygen atoms in total. The number of carbonyl (C=O) groups excluding carboxylic acids is 2. The predicted octanol–water partition coefficient (Wildman–Crippen LogP) is 2.21. The van der Waals surface area contributed by atoms with Crippen LogP contribution < -0.4 is 15.8 Å². The molecule has 5 heteroatoms. The Balaban J connectivity index is 1.56. The van der Waals surface area contributed by atoms with Crippen molar-refractivity contribution in [1.82, 2.24) is 10.7 Å². The number of hydrogen-bond donors (Lipinski definition) is 2. The van der Waals surface area contributed by atoms with Crippen LogP contribution in [0, 0.1) is 18.8 Å². The number of rotatable bonds is 3. The lowest BCUT2D eigenvalue weighted by Gasteiger charge is -2.35. The summed E-state index contributed by atoms with van der Waals surface area (Å²) in [6.07, 6.45) is 0.300. The average Bonchev–Trinajstić information content (AvgIpc) is 2.97. The van der Waals surface area contributed by atoms with E-state index in [1.807, 2.05) is 44.2 Å². The fourth-order valence-corrected chi connectivity index (χ4v) is 3.89. The molecule has 4 unspecified atom stereocenters. The number of carbonyl (C=O) groups is 2. The first-order valence-electron chi connectivity index (χ1n) is 9.05. The first-order valence-corrected chi connectivity index (χ1v) is 9.05. The van der Waals surface area contributed by atoms with E-state index in [1.165, 1.54) is 10.6 Å². The van der Waals surface area contributed by atoms with Gasteiger partial charge in [-0.15, -0.1) is 0 Å². The van der Waals surface area contributed by atoms with Gasteiger partial charge in [-0.25, -0.2) is 10.4 Å². The number of piperidine rings is 1. The standard InChI is InChI=1S/C21H23N3O2/c1-13-8-10-15(11-9-13)12-17-14(2)22-20-18(19(17)25)21(26)24(23-20)16-6-4-3-5-7-16/h3-11,14,17-18,20,22-23H,12H2,1-2H3. The van der Waals surface area contributed by atoms with Crippen LogP contribution in [0.1, 0.15) is 18.1 Å². The van der Waals surface area contributed by atoms with Gasteiger partial charge in [0.1, 0.15) is 5.92 Å². The fourth-order valence-electron chi connectivity index (χ4n) is 3.89. The highest BCUT2D eigenvalue weighted by Gasteiger charge is 2.52. The SMILES string of the molecule is Cc1ccc(CC2C(=O)C3C(=O)N(c4ccccc4)NC3NC2C)cc1. The molecule has 2 aromatic rings. The summed E-state index contributed by atoms with van der Waals surface area (Å²) in [5.74, 6) is -1.04. The van der Waals surface area contributed by atoms with Crippen LogP contribution >= 0.6 is 0 Å². The van der Waals surface area contributed by atoms with Gasteiger partial charge in [-0.1, -0.05) is 48.0 Å². The van der Waals surface area contributed by atoms with Crippen molar-refractivity contribution in [1.29, 1.82) is 0 Å². The third-order valence-corrected chi connectivity index (χ3v) is 5.40. The maximum Gasteiger partial charge on any atom is 0.255 e. The van der Waals surface area contributed by atoms with Gasteiger partial charge in [-0.3, -0.25) is 14.9 Å². The van der Waals surface area contributed by atoms with E-state index >= 15 is 0 Å². The van der Waals surface area contributed by atoms with E-state index < -0.39 is 5.92 Å². The number of amides is 1. The van der Waals surface area contributed by atoms with Gasteiger partial charge in [-0.05, 0) is 38.0 Å². The van der Waals surface area contributed by atoms with E-state index in [2.05, 4.69) is 35.0 Å². The zero-order valence-electron chi connectivity index (χ0n) is 15.0. The molecule has 134 valence electrons. The minimum atomic E-state index is -0.679. The smallest absolute Gasteiger partial charge is 0.255 e. The molecule has 2 fully saturated rings. The van der Waals surface area contributed by atoms with Gasteiger partial charge in [0.25, 0.3) is 5.91 Å². The van der Waals surface area contributed by atoms with Crippen molar-refractivity contribution in [3.05, 3.63) is 65.7 Å². The molecule has 0 aromatic heterocycles. The molecule has 1 amide bonds. The summed E-state index contributed by atoms with van der Waals surface area (Å²) in [5, 5.41) is 4.93. The van der Waals surface area contributed by atoms with Crippen molar-refractivity contribution in [2.75, 3.05) is 5.01 Å². The number of anilines is 1. The maximum atomic E-state index is 13.1. The third-order valence-electron chi connectivity index (χ3n) is 5.40. The number of fused-ring (bicyclic) bond motifs is 1. The summed E-state index contributed by atoms with van der Waals surface area (Å²) in [7, 11) is 0. The molecule has 0 aliphatic carbocycles. The van der Waals surface area contributed by atoms with Crippen LogP contribution in [0.2, 0.25) is 0 Å². The zero-order valence-corrected chi connectivity index (χ0v) is 15.0. The summed E-state index contributed by atoms with van der Waals surface area (Å²) in [6, 6.07) is 17.6. The Bertz CT molecular complexity index is 819. The van der Waals surface area contributed by atoms with Crippen LogP contribution in [0.5, 0.6) is 0 Å². The number of para-hydroxylation sites is 1. The summed E-state index contributed by atoms with van der Waals surface area (Å²) in [5.41, 5.74) is 6.24. The van der Waals surface area contributed by atoms with E-state index in [4.69, 9.17) is 0 Å².